The van der Waals surface area contributed by atoms with Gasteiger partial charge in [-0.25, -0.2) is 4.98 Å². The van der Waals surface area contributed by atoms with E-state index < -0.39 is 5.60 Å². The van der Waals surface area contributed by atoms with Crippen LogP contribution >= 0.6 is 38.9 Å². The molecule has 2 rings (SSSR count). The lowest BCUT2D eigenvalue weighted by molar-refractivity contribution is -0.153. The third kappa shape index (κ3) is 3.68. The number of nitrogens with zero attached hydrogens (tertiary/aromatic N) is 1. The molecule has 0 N–H and O–H groups in total. The topological polar surface area (TPSA) is 39.2 Å². The first-order valence-corrected chi connectivity index (χ1v) is 7.70. The number of benzene rings is 1. The van der Waals surface area contributed by atoms with Crippen LogP contribution in [-0.2, 0) is 16.0 Å². The summed E-state index contributed by atoms with van der Waals surface area (Å²) in [5, 5.41) is 1.34. The standard InChI is InChI=1S/C13H13BrClNO2S/c1-13(2,3)18-10(17)6-9-16-8-5-4-7(14)11(15)12(8)19-9/h4-5H,6H2,1-3H3. The van der Waals surface area contributed by atoms with Gasteiger partial charge in [-0.1, -0.05) is 11.6 Å². The quantitative estimate of drug-likeness (QED) is 0.733. The first kappa shape index (κ1) is 14.8. The van der Waals surface area contributed by atoms with E-state index in [2.05, 4.69) is 20.9 Å². The molecule has 0 spiro atoms. The summed E-state index contributed by atoms with van der Waals surface area (Å²) >= 11 is 11.0. The molecule has 1 aromatic carbocycles. The summed E-state index contributed by atoms with van der Waals surface area (Å²) < 4.78 is 6.99. The molecule has 0 aliphatic carbocycles. The molecular formula is C13H13BrClNO2S. The molecule has 0 aliphatic rings. The summed E-state index contributed by atoms with van der Waals surface area (Å²) in [6.45, 7) is 5.53. The van der Waals surface area contributed by atoms with Gasteiger partial charge in [-0.05, 0) is 48.8 Å². The van der Waals surface area contributed by atoms with Crippen LogP contribution in [-0.4, -0.2) is 16.6 Å². The minimum atomic E-state index is -0.478. The molecule has 1 aromatic heterocycles. The number of thiazole rings is 1. The summed E-state index contributed by atoms with van der Waals surface area (Å²) in [6.07, 6.45) is 0.171. The minimum absolute atomic E-state index is 0.171. The highest BCUT2D eigenvalue weighted by Crippen LogP contribution is 2.35. The fraction of sp³-hybridized carbons (Fsp3) is 0.385. The summed E-state index contributed by atoms with van der Waals surface area (Å²) in [5.41, 5.74) is 0.325. The Hall–Kier alpha value is -0.650. The van der Waals surface area contributed by atoms with E-state index in [1.807, 2.05) is 32.9 Å². The lowest BCUT2D eigenvalue weighted by atomic mass is 10.2. The number of rotatable bonds is 2. The number of fused-ring (bicyclic) bond motifs is 1. The Labute approximate surface area is 129 Å². The van der Waals surface area contributed by atoms with Gasteiger partial charge in [-0.3, -0.25) is 4.79 Å². The Morgan fingerprint density at radius 3 is 2.79 bits per heavy atom. The second-order valence-electron chi connectivity index (χ2n) is 5.08. The van der Waals surface area contributed by atoms with Gasteiger partial charge in [0.15, 0.2) is 0 Å². The fourth-order valence-electron chi connectivity index (χ4n) is 1.56. The van der Waals surface area contributed by atoms with E-state index in [0.29, 0.717) is 10.0 Å². The number of hydrogen-bond donors (Lipinski definition) is 0. The highest BCUT2D eigenvalue weighted by Gasteiger charge is 2.18. The summed E-state index contributed by atoms with van der Waals surface area (Å²) in [7, 11) is 0. The van der Waals surface area contributed by atoms with Crippen molar-refractivity contribution in [2.45, 2.75) is 32.8 Å². The molecule has 0 saturated heterocycles. The molecule has 0 radical (unpaired) electrons. The molecule has 0 fully saturated rings. The van der Waals surface area contributed by atoms with Crippen LogP contribution < -0.4 is 0 Å². The molecule has 2 aromatic rings. The monoisotopic (exact) mass is 361 g/mol. The van der Waals surface area contributed by atoms with E-state index in [-0.39, 0.29) is 12.4 Å². The maximum atomic E-state index is 11.8. The van der Waals surface area contributed by atoms with Crippen molar-refractivity contribution in [3.8, 4) is 0 Å². The maximum absolute atomic E-state index is 11.8. The highest BCUT2D eigenvalue weighted by atomic mass is 79.9. The third-order valence-electron chi connectivity index (χ3n) is 2.21. The summed E-state index contributed by atoms with van der Waals surface area (Å²) in [4.78, 5) is 16.2. The highest BCUT2D eigenvalue weighted by molar-refractivity contribution is 9.10. The normalized spacial score (nSPS) is 11.8. The van der Waals surface area contributed by atoms with Gasteiger partial charge in [0.05, 0.1) is 21.7 Å². The number of carbonyl (C=O) groups excluding carboxylic acids is 1. The SMILES string of the molecule is CC(C)(C)OC(=O)Cc1nc2ccc(Br)c(Cl)c2s1. The molecule has 0 amide bonds. The molecule has 0 saturated carbocycles. The maximum Gasteiger partial charge on any atom is 0.313 e. The van der Waals surface area contributed by atoms with Crippen LogP contribution in [0.4, 0.5) is 0 Å². The minimum Gasteiger partial charge on any atom is -0.460 e. The van der Waals surface area contributed by atoms with Crippen LogP contribution in [0.5, 0.6) is 0 Å². The second-order valence-corrected chi connectivity index (χ2v) is 7.40. The first-order chi connectivity index (χ1) is 8.76. The number of hydrogen-bond acceptors (Lipinski definition) is 4. The molecule has 6 heteroatoms. The number of aromatic nitrogens is 1. The van der Waals surface area contributed by atoms with Crippen molar-refractivity contribution in [2.24, 2.45) is 0 Å². The van der Waals surface area contributed by atoms with E-state index >= 15 is 0 Å². The van der Waals surface area contributed by atoms with Gasteiger partial charge in [-0.15, -0.1) is 11.3 Å². The molecular weight excluding hydrogens is 350 g/mol. The van der Waals surface area contributed by atoms with Gasteiger partial charge in [-0.2, -0.15) is 0 Å². The van der Waals surface area contributed by atoms with E-state index in [9.17, 15) is 4.79 Å². The van der Waals surface area contributed by atoms with E-state index in [4.69, 9.17) is 16.3 Å². The van der Waals surface area contributed by atoms with Gasteiger partial charge < -0.3 is 4.74 Å². The molecule has 102 valence electrons. The Balaban J connectivity index is 2.23. The fourth-order valence-corrected chi connectivity index (χ4v) is 3.28. The van der Waals surface area contributed by atoms with Crippen LogP contribution in [0.3, 0.4) is 0 Å². The van der Waals surface area contributed by atoms with Gasteiger partial charge in [0.25, 0.3) is 0 Å². The zero-order chi connectivity index (χ0) is 14.2. The van der Waals surface area contributed by atoms with Crippen molar-refractivity contribution in [2.75, 3.05) is 0 Å². The van der Waals surface area contributed by atoms with Crippen LogP contribution in [0.1, 0.15) is 25.8 Å². The van der Waals surface area contributed by atoms with Crippen LogP contribution in [0.25, 0.3) is 10.2 Å². The van der Waals surface area contributed by atoms with Crippen LogP contribution in [0.15, 0.2) is 16.6 Å². The van der Waals surface area contributed by atoms with Gasteiger partial charge in [0.1, 0.15) is 10.6 Å². The van der Waals surface area contributed by atoms with E-state index in [1.54, 1.807) is 0 Å². The van der Waals surface area contributed by atoms with E-state index in [0.717, 1.165) is 14.7 Å². The van der Waals surface area contributed by atoms with Crippen molar-refractivity contribution in [1.29, 1.82) is 0 Å². The number of esters is 1. The molecule has 19 heavy (non-hydrogen) atoms. The predicted octanol–water partition coefficient (Wildman–Crippen LogP) is 4.60. The number of ether oxygens (including phenoxy) is 1. The largest absolute Gasteiger partial charge is 0.460 e. The predicted molar refractivity (Wildman–Crippen MR) is 81.9 cm³/mol. The first-order valence-electron chi connectivity index (χ1n) is 5.71. The smallest absolute Gasteiger partial charge is 0.313 e. The summed E-state index contributed by atoms with van der Waals surface area (Å²) in [6, 6.07) is 3.72. The van der Waals surface area contributed by atoms with Gasteiger partial charge in [0, 0.05) is 4.47 Å². The van der Waals surface area contributed by atoms with Crippen molar-refractivity contribution in [1.82, 2.24) is 4.98 Å². The Bertz CT molecular complexity index is 633. The number of halogens is 2. The van der Waals surface area contributed by atoms with Crippen molar-refractivity contribution in [3.63, 3.8) is 0 Å². The lowest BCUT2D eigenvalue weighted by Crippen LogP contribution is -2.24. The molecule has 0 bridgehead atoms. The zero-order valence-electron chi connectivity index (χ0n) is 10.8. The van der Waals surface area contributed by atoms with Crippen molar-refractivity contribution in [3.05, 3.63) is 26.6 Å². The number of carbonyl (C=O) groups is 1. The summed E-state index contributed by atoms with van der Waals surface area (Å²) in [5.74, 6) is -0.276. The Kier molecular flexibility index (Phi) is 4.18. The average molecular weight is 363 g/mol. The molecule has 1 heterocycles. The Morgan fingerprint density at radius 2 is 2.16 bits per heavy atom. The Morgan fingerprint density at radius 1 is 1.47 bits per heavy atom. The van der Waals surface area contributed by atoms with E-state index in [1.165, 1.54) is 11.3 Å². The second kappa shape index (κ2) is 5.38. The molecule has 0 aliphatic heterocycles. The molecule has 0 atom stereocenters. The lowest BCUT2D eigenvalue weighted by Gasteiger charge is -2.18. The third-order valence-corrected chi connectivity index (χ3v) is 4.69. The van der Waals surface area contributed by atoms with Crippen molar-refractivity contribution < 1.29 is 9.53 Å². The van der Waals surface area contributed by atoms with Crippen LogP contribution in [0, 0.1) is 0 Å². The average Bonchev–Trinajstić information content (AvgIpc) is 2.64. The molecule has 3 nitrogen and oxygen atoms in total. The van der Waals surface area contributed by atoms with Crippen molar-refractivity contribution >= 4 is 55.1 Å². The van der Waals surface area contributed by atoms with Gasteiger partial charge in [0.2, 0.25) is 0 Å². The van der Waals surface area contributed by atoms with Crippen LogP contribution in [0.2, 0.25) is 5.02 Å². The molecule has 0 unspecified atom stereocenters. The zero-order valence-corrected chi connectivity index (χ0v) is 13.9. The van der Waals surface area contributed by atoms with Gasteiger partial charge >= 0.3 is 5.97 Å².